The summed E-state index contributed by atoms with van der Waals surface area (Å²) in [6.07, 6.45) is 2.64. The van der Waals surface area contributed by atoms with E-state index in [2.05, 4.69) is 6.92 Å². The van der Waals surface area contributed by atoms with Gasteiger partial charge < -0.3 is 9.64 Å². The molecule has 0 aliphatic carbocycles. The lowest BCUT2D eigenvalue weighted by Crippen LogP contribution is -2.47. The first kappa shape index (κ1) is 17.0. The summed E-state index contributed by atoms with van der Waals surface area (Å²) in [4.78, 5) is 26.4. The Kier molecular flexibility index (Phi) is 5.22. The highest BCUT2D eigenvalue weighted by Gasteiger charge is 2.41. The molecule has 1 saturated heterocycles. The van der Waals surface area contributed by atoms with Gasteiger partial charge in [0.25, 0.3) is 0 Å². The zero-order valence-corrected chi connectivity index (χ0v) is 13.8. The van der Waals surface area contributed by atoms with Crippen LogP contribution in [0.3, 0.4) is 0 Å². The second kappa shape index (κ2) is 6.15. The van der Waals surface area contributed by atoms with Crippen molar-refractivity contribution in [2.45, 2.75) is 53.9 Å². The fourth-order valence-electron chi connectivity index (χ4n) is 3.17. The summed E-state index contributed by atoms with van der Waals surface area (Å²) < 4.78 is 4.84. The van der Waals surface area contributed by atoms with Crippen LogP contribution >= 0.6 is 0 Å². The van der Waals surface area contributed by atoms with E-state index in [4.69, 9.17) is 4.74 Å². The van der Waals surface area contributed by atoms with E-state index >= 15 is 0 Å². The average Bonchev–Trinajstić information content (AvgIpc) is 2.36. The summed E-state index contributed by atoms with van der Waals surface area (Å²) in [6.45, 7) is 11.4. The van der Waals surface area contributed by atoms with Gasteiger partial charge in [-0.3, -0.25) is 9.59 Å². The molecule has 1 aliphatic rings. The number of methoxy groups -OCH3 is 1. The van der Waals surface area contributed by atoms with Crippen molar-refractivity contribution in [2.24, 2.45) is 16.7 Å². The molecule has 0 bridgehead atoms. The number of amides is 1. The standard InChI is InChI=1S/C16H29NO3/c1-12-7-9-17(10-8-12)13(18)15(2,3)11-16(4,5)14(19)20-6/h12H,7-11H2,1-6H3. The molecule has 1 fully saturated rings. The first-order valence-corrected chi connectivity index (χ1v) is 7.48. The van der Waals surface area contributed by atoms with Crippen LogP contribution in [0.1, 0.15) is 53.9 Å². The Hall–Kier alpha value is -1.06. The first-order valence-electron chi connectivity index (χ1n) is 7.48. The molecule has 0 aromatic heterocycles. The molecule has 1 aliphatic heterocycles. The molecule has 116 valence electrons. The highest BCUT2D eigenvalue weighted by molar-refractivity contribution is 5.84. The van der Waals surface area contributed by atoms with Crippen LogP contribution in [0, 0.1) is 16.7 Å². The van der Waals surface area contributed by atoms with Crippen molar-refractivity contribution in [2.75, 3.05) is 20.2 Å². The molecule has 1 rings (SSSR count). The Morgan fingerprint density at radius 2 is 1.60 bits per heavy atom. The van der Waals surface area contributed by atoms with Gasteiger partial charge in [-0.05, 0) is 39.0 Å². The number of carbonyl (C=O) groups is 2. The minimum atomic E-state index is -0.642. The monoisotopic (exact) mass is 283 g/mol. The summed E-state index contributed by atoms with van der Waals surface area (Å²) in [5, 5.41) is 0. The van der Waals surface area contributed by atoms with Crippen LogP contribution in [0.15, 0.2) is 0 Å². The van der Waals surface area contributed by atoms with E-state index < -0.39 is 10.8 Å². The second-order valence-corrected chi connectivity index (χ2v) is 7.41. The average molecular weight is 283 g/mol. The third kappa shape index (κ3) is 3.97. The Morgan fingerprint density at radius 3 is 2.05 bits per heavy atom. The molecule has 0 atom stereocenters. The van der Waals surface area contributed by atoms with Crippen molar-refractivity contribution < 1.29 is 14.3 Å². The maximum atomic E-state index is 12.7. The number of piperidine rings is 1. The largest absolute Gasteiger partial charge is 0.469 e. The quantitative estimate of drug-likeness (QED) is 0.745. The maximum Gasteiger partial charge on any atom is 0.311 e. The van der Waals surface area contributed by atoms with E-state index in [-0.39, 0.29) is 11.9 Å². The molecule has 0 aromatic carbocycles. The Bertz CT molecular complexity index is 366. The van der Waals surface area contributed by atoms with E-state index in [1.807, 2.05) is 32.6 Å². The number of likely N-dealkylation sites (tertiary alicyclic amines) is 1. The topological polar surface area (TPSA) is 46.6 Å². The van der Waals surface area contributed by atoms with Crippen molar-refractivity contribution in [1.82, 2.24) is 4.90 Å². The van der Waals surface area contributed by atoms with Crippen LogP contribution in [0.25, 0.3) is 0 Å². The highest BCUT2D eigenvalue weighted by atomic mass is 16.5. The van der Waals surface area contributed by atoms with E-state index in [1.54, 1.807) is 0 Å². The van der Waals surface area contributed by atoms with E-state index in [0.29, 0.717) is 12.3 Å². The molecule has 4 heteroatoms. The third-order valence-electron chi connectivity index (χ3n) is 4.27. The minimum Gasteiger partial charge on any atom is -0.469 e. The van der Waals surface area contributed by atoms with Crippen LogP contribution in [-0.4, -0.2) is 37.0 Å². The number of esters is 1. The molecular weight excluding hydrogens is 254 g/mol. The lowest BCUT2D eigenvalue weighted by Gasteiger charge is -2.38. The molecule has 0 radical (unpaired) electrons. The van der Waals surface area contributed by atoms with E-state index in [1.165, 1.54) is 7.11 Å². The molecule has 0 saturated carbocycles. The Morgan fingerprint density at radius 1 is 1.10 bits per heavy atom. The number of rotatable bonds is 4. The molecule has 0 N–H and O–H groups in total. The van der Waals surface area contributed by atoms with Gasteiger partial charge in [0.15, 0.2) is 0 Å². The number of nitrogens with zero attached hydrogens (tertiary/aromatic N) is 1. The van der Waals surface area contributed by atoms with Crippen LogP contribution < -0.4 is 0 Å². The first-order chi connectivity index (χ1) is 9.10. The van der Waals surface area contributed by atoms with Gasteiger partial charge in [0, 0.05) is 18.5 Å². The van der Waals surface area contributed by atoms with Crippen molar-refractivity contribution in [1.29, 1.82) is 0 Å². The Balaban J connectivity index is 2.72. The normalized spacial score (nSPS) is 18.0. The molecule has 1 amide bonds. The molecule has 0 aromatic rings. The lowest BCUT2D eigenvalue weighted by atomic mass is 9.74. The van der Waals surface area contributed by atoms with Gasteiger partial charge in [-0.25, -0.2) is 0 Å². The zero-order chi connectivity index (χ0) is 15.6. The van der Waals surface area contributed by atoms with Crippen LogP contribution in [0.5, 0.6) is 0 Å². The van der Waals surface area contributed by atoms with Gasteiger partial charge in [-0.1, -0.05) is 20.8 Å². The van der Waals surface area contributed by atoms with Gasteiger partial charge in [0.05, 0.1) is 12.5 Å². The number of ether oxygens (including phenoxy) is 1. The summed E-state index contributed by atoms with van der Waals surface area (Å²) >= 11 is 0. The lowest BCUT2D eigenvalue weighted by molar-refractivity contribution is -0.155. The number of carbonyl (C=O) groups excluding carboxylic acids is 2. The molecule has 1 heterocycles. The van der Waals surface area contributed by atoms with Crippen molar-refractivity contribution in [3.05, 3.63) is 0 Å². The molecule has 0 unspecified atom stereocenters. The molecular formula is C16H29NO3. The predicted molar refractivity (Wildman–Crippen MR) is 79.2 cm³/mol. The van der Waals surface area contributed by atoms with Crippen molar-refractivity contribution >= 4 is 11.9 Å². The van der Waals surface area contributed by atoms with E-state index in [9.17, 15) is 9.59 Å². The van der Waals surface area contributed by atoms with Gasteiger partial charge in [0.2, 0.25) is 5.91 Å². The van der Waals surface area contributed by atoms with Crippen LogP contribution in [0.2, 0.25) is 0 Å². The SMILES string of the molecule is COC(=O)C(C)(C)CC(C)(C)C(=O)N1CCC(C)CC1. The van der Waals surface area contributed by atoms with Crippen molar-refractivity contribution in [3.8, 4) is 0 Å². The number of hydrogen-bond donors (Lipinski definition) is 0. The summed E-state index contributed by atoms with van der Waals surface area (Å²) in [7, 11) is 1.39. The summed E-state index contributed by atoms with van der Waals surface area (Å²) in [6, 6.07) is 0. The molecule has 20 heavy (non-hydrogen) atoms. The summed E-state index contributed by atoms with van der Waals surface area (Å²) in [5.74, 6) is 0.598. The summed E-state index contributed by atoms with van der Waals surface area (Å²) in [5.41, 5.74) is -1.19. The highest BCUT2D eigenvalue weighted by Crippen LogP contribution is 2.36. The third-order valence-corrected chi connectivity index (χ3v) is 4.27. The van der Waals surface area contributed by atoms with Gasteiger partial charge in [0.1, 0.15) is 0 Å². The van der Waals surface area contributed by atoms with Gasteiger partial charge in [-0.15, -0.1) is 0 Å². The smallest absolute Gasteiger partial charge is 0.311 e. The maximum absolute atomic E-state index is 12.7. The fourth-order valence-corrected chi connectivity index (χ4v) is 3.17. The van der Waals surface area contributed by atoms with Gasteiger partial charge >= 0.3 is 5.97 Å². The minimum absolute atomic E-state index is 0.154. The predicted octanol–water partition coefficient (Wildman–Crippen LogP) is 2.86. The Labute approximate surface area is 122 Å². The van der Waals surface area contributed by atoms with Crippen LogP contribution in [-0.2, 0) is 14.3 Å². The van der Waals surface area contributed by atoms with Crippen molar-refractivity contribution in [3.63, 3.8) is 0 Å². The molecule has 0 spiro atoms. The van der Waals surface area contributed by atoms with Crippen LogP contribution in [0.4, 0.5) is 0 Å². The second-order valence-electron chi connectivity index (χ2n) is 7.41. The number of hydrogen-bond acceptors (Lipinski definition) is 3. The van der Waals surface area contributed by atoms with E-state index in [0.717, 1.165) is 25.9 Å². The molecule has 4 nitrogen and oxygen atoms in total. The zero-order valence-electron chi connectivity index (χ0n) is 13.8. The fraction of sp³-hybridized carbons (Fsp3) is 0.875. The van der Waals surface area contributed by atoms with Gasteiger partial charge in [-0.2, -0.15) is 0 Å².